The first-order chi connectivity index (χ1) is 13.7. The monoisotopic (exact) mass is 406 g/mol. The average molecular weight is 407 g/mol. The standard InChI is InChI=1S/C21H34N4O2S/c1-22-20(24-16-21(10-13-27-2)8-3-4-9-21)23-11-5-19(26)25-12-6-18-17(15-25)7-14-28-18/h7,14H,3-6,8-13,15-16H2,1-2H3,(H2,22,23,24). The molecule has 7 heteroatoms. The zero-order valence-corrected chi connectivity index (χ0v) is 18.1. The molecule has 0 saturated heterocycles. The van der Waals surface area contributed by atoms with Crippen LogP contribution in [0.2, 0.25) is 0 Å². The molecule has 0 radical (unpaired) electrons. The van der Waals surface area contributed by atoms with E-state index in [4.69, 9.17) is 4.74 Å². The molecular weight excluding hydrogens is 372 g/mol. The predicted octanol–water partition coefficient (Wildman–Crippen LogP) is 2.78. The summed E-state index contributed by atoms with van der Waals surface area (Å²) in [6.07, 6.45) is 7.66. The average Bonchev–Trinajstić information content (AvgIpc) is 3.38. The zero-order valence-electron chi connectivity index (χ0n) is 17.3. The maximum atomic E-state index is 12.6. The van der Waals surface area contributed by atoms with E-state index in [-0.39, 0.29) is 5.91 Å². The molecule has 2 heterocycles. The van der Waals surface area contributed by atoms with E-state index < -0.39 is 0 Å². The first-order valence-corrected chi connectivity index (χ1v) is 11.3. The van der Waals surface area contributed by atoms with E-state index >= 15 is 0 Å². The second kappa shape index (κ2) is 10.3. The fraction of sp³-hybridized carbons (Fsp3) is 0.714. The molecule has 0 bridgehead atoms. The highest BCUT2D eigenvalue weighted by molar-refractivity contribution is 7.10. The second-order valence-electron chi connectivity index (χ2n) is 7.99. The molecule has 1 aromatic heterocycles. The van der Waals surface area contributed by atoms with Crippen molar-refractivity contribution in [3.8, 4) is 0 Å². The Bertz CT molecular complexity index is 667. The van der Waals surface area contributed by atoms with Gasteiger partial charge in [0, 0.05) is 58.2 Å². The third-order valence-electron chi connectivity index (χ3n) is 6.15. The number of ether oxygens (including phenoxy) is 1. The molecule has 1 aliphatic heterocycles. The maximum absolute atomic E-state index is 12.6. The van der Waals surface area contributed by atoms with Crippen molar-refractivity contribution in [1.29, 1.82) is 0 Å². The van der Waals surface area contributed by atoms with Crippen molar-refractivity contribution < 1.29 is 9.53 Å². The van der Waals surface area contributed by atoms with E-state index in [9.17, 15) is 4.79 Å². The number of hydrogen-bond acceptors (Lipinski definition) is 4. The van der Waals surface area contributed by atoms with Gasteiger partial charge in [-0.25, -0.2) is 0 Å². The Morgan fingerprint density at radius 1 is 1.36 bits per heavy atom. The van der Waals surface area contributed by atoms with Gasteiger partial charge < -0.3 is 20.3 Å². The molecule has 156 valence electrons. The van der Waals surface area contributed by atoms with Crippen LogP contribution in [0, 0.1) is 5.41 Å². The van der Waals surface area contributed by atoms with Crippen LogP contribution in [0.4, 0.5) is 0 Å². The Kier molecular flexibility index (Phi) is 7.73. The molecule has 1 fully saturated rings. The summed E-state index contributed by atoms with van der Waals surface area (Å²) in [5.74, 6) is 1.00. The normalized spacial score (nSPS) is 18.8. The van der Waals surface area contributed by atoms with E-state index in [1.807, 2.05) is 4.90 Å². The summed E-state index contributed by atoms with van der Waals surface area (Å²) >= 11 is 1.80. The number of carbonyl (C=O) groups is 1. The summed E-state index contributed by atoms with van der Waals surface area (Å²) in [5, 5.41) is 8.92. The molecule has 3 rings (SSSR count). The number of aliphatic imine (C=N–C) groups is 1. The number of methoxy groups -OCH3 is 1. The van der Waals surface area contributed by atoms with Gasteiger partial charge in [-0.1, -0.05) is 12.8 Å². The third-order valence-corrected chi connectivity index (χ3v) is 7.17. The van der Waals surface area contributed by atoms with Crippen molar-refractivity contribution in [2.75, 3.05) is 40.4 Å². The number of nitrogens with one attached hydrogen (secondary N) is 2. The number of rotatable bonds is 8. The molecule has 1 aromatic rings. The minimum atomic E-state index is 0.215. The van der Waals surface area contributed by atoms with Crippen LogP contribution in [0.1, 0.15) is 49.0 Å². The van der Waals surface area contributed by atoms with Crippen LogP contribution in [-0.4, -0.2) is 57.2 Å². The van der Waals surface area contributed by atoms with Gasteiger partial charge in [0.15, 0.2) is 5.96 Å². The summed E-state index contributed by atoms with van der Waals surface area (Å²) in [6, 6.07) is 2.14. The van der Waals surface area contributed by atoms with Crippen molar-refractivity contribution in [1.82, 2.24) is 15.5 Å². The molecule has 0 aromatic carbocycles. The molecule has 0 spiro atoms. The first-order valence-electron chi connectivity index (χ1n) is 10.4. The molecule has 6 nitrogen and oxygen atoms in total. The van der Waals surface area contributed by atoms with Crippen LogP contribution in [-0.2, 0) is 22.5 Å². The van der Waals surface area contributed by atoms with E-state index in [1.165, 1.54) is 36.1 Å². The smallest absolute Gasteiger partial charge is 0.224 e. The van der Waals surface area contributed by atoms with Crippen LogP contribution in [0.15, 0.2) is 16.4 Å². The summed E-state index contributed by atoms with van der Waals surface area (Å²) in [5.41, 5.74) is 1.63. The van der Waals surface area contributed by atoms with Crippen LogP contribution in [0.5, 0.6) is 0 Å². The summed E-state index contributed by atoms with van der Waals surface area (Å²) in [4.78, 5) is 20.3. The predicted molar refractivity (Wildman–Crippen MR) is 115 cm³/mol. The minimum absolute atomic E-state index is 0.215. The highest BCUT2D eigenvalue weighted by Gasteiger charge is 2.33. The van der Waals surface area contributed by atoms with E-state index in [1.54, 1.807) is 25.5 Å². The van der Waals surface area contributed by atoms with Crippen molar-refractivity contribution in [3.05, 3.63) is 21.9 Å². The lowest BCUT2D eigenvalue weighted by atomic mass is 9.83. The maximum Gasteiger partial charge on any atom is 0.224 e. The Labute approximate surface area is 172 Å². The number of amides is 1. The molecule has 2 aliphatic rings. The summed E-state index contributed by atoms with van der Waals surface area (Å²) in [6.45, 7) is 3.92. The minimum Gasteiger partial charge on any atom is -0.385 e. The van der Waals surface area contributed by atoms with Gasteiger partial charge in [-0.05, 0) is 48.1 Å². The van der Waals surface area contributed by atoms with Gasteiger partial charge in [0.1, 0.15) is 0 Å². The third kappa shape index (κ3) is 5.47. The van der Waals surface area contributed by atoms with Crippen LogP contribution >= 0.6 is 11.3 Å². The molecule has 1 aliphatic carbocycles. The molecule has 1 amide bonds. The Balaban J connectivity index is 1.40. The topological polar surface area (TPSA) is 66.0 Å². The van der Waals surface area contributed by atoms with Crippen LogP contribution in [0.25, 0.3) is 0 Å². The van der Waals surface area contributed by atoms with Gasteiger partial charge in [-0.15, -0.1) is 11.3 Å². The van der Waals surface area contributed by atoms with Crippen molar-refractivity contribution in [3.63, 3.8) is 0 Å². The molecule has 28 heavy (non-hydrogen) atoms. The molecule has 0 atom stereocenters. The van der Waals surface area contributed by atoms with E-state index in [0.717, 1.165) is 45.0 Å². The van der Waals surface area contributed by atoms with Gasteiger partial charge in [0.25, 0.3) is 0 Å². The molecule has 1 saturated carbocycles. The zero-order chi connectivity index (χ0) is 19.8. The second-order valence-corrected chi connectivity index (χ2v) is 8.99. The number of nitrogens with zero attached hydrogens (tertiary/aromatic N) is 2. The number of fused-ring (bicyclic) bond motifs is 1. The quantitative estimate of drug-likeness (QED) is 0.515. The van der Waals surface area contributed by atoms with Gasteiger partial charge in [-0.2, -0.15) is 0 Å². The van der Waals surface area contributed by atoms with Crippen molar-refractivity contribution in [2.45, 2.75) is 51.5 Å². The Morgan fingerprint density at radius 2 is 2.18 bits per heavy atom. The summed E-state index contributed by atoms with van der Waals surface area (Å²) in [7, 11) is 3.56. The lowest BCUT2D eigenvalue weighted by molar-refractivity contribution is -0.131. The number of guanidine groups is 1. The van der Waals surface area contributed by atoms with Gasteiger partial charge in [-0.3, -0.25) is 9.79 Å². The first kappa shape index (κ1) is 21.1. The van der Waals surface area contributed by atoms with Crippen molar-refractivity contribution in [2.24, 2.45) is 10.4 Å². The molecular formula is C21H34N4O2S. The fourth-order valence-electron chi connectivity index (χ4n) is 4.36. The number of thiophene rings is 1. The van der Waals surface area contributed by atoms with Crippen molar-refractivity contribution >= 4 is 23.2 Å². The largest absolute Gasteiger partial charge is 0.385 e. The SMILES string of the molecule is CN=C(NCCC(=O)N1CCc2sccc2C1)NCC1(CCOC)CCCC1. The summed E-state index contributed by atoms with van der Waals surface area (Å²) < 4.78 is 5.31. The Hall–Kier alpha value is -1.60. The van der Waals surface area contributed by atoms with Gasteiger partial charge >= 0.3 is 0 Å². The van der Waals surface area contributed by atoms with Crippen LogP contribution in [0.3, 0.4) is 0 Å². The van der Waals surface area contributed by atoms with E-state index in [2.05, 4.69) is 27.1 Å². The van der Waals surface area contributed by atoms with E-state index in [0.29, 0.717) is 18.4 Å². The Morgan fingerprint density at radius 3 is 2.93 bits per heavy atom. The van der Waals surface area contributed by atoms with Gasteiger partial charge in [0.05, 0.1) is 0 Å². The fourth-order valence-corrected chi connectivity index (χ4v) is 5.25. The highest BCUT2D eigenvalue weighted by Crippen LogP contribution is 2.40. The van der Waals surface area contributed by atoms with Crippen LogP contribution < -0.4 is 10.6 Å². The number of hydrogen-bond donors (Lipinski definition) is 2. The lowest BCUT2D eigenvalue weighted by Gasteiger charge is -2.30. The lowest BCUT2D eigenvalue weighted by Crippen LogP contribution is -2.44. The molecule has 2 N–H and O–H groups in total. The molecule has 0 unspecified atom stereocenters. The van der Waals surface area contributed by atoms with Gasteiger partial charge in [0.2, 0.25) is 5.91 Å². The number of carbonyl (C=O) groups excluding carboxylic acids is 1. The highest BCUT2D eigenvalue weighted by atomic mass is 32.1.